The summed E-state index contributed by atoms with van der Waals surface area (Å²) in [4.78, 5) is 25.8. The number of carbonyl (C=O) groups is 2. The van der Waals surface area contributed by atoms with Crippen LogP contribution in [-0.2, 0) is 16.0 Å². The van der Waals surface area contributed by atoms with Crippen LogP contribution in [0.15, 0.2) is 41.8 Å². The summed E-state index contributed by atoms with van der Waals surface area (Å²) in [7, 11) is 0. The van der Waals surface area contributed by atoms with Crippen molar-refractivity contribution in [3.63, 3.8) is 0 Å². The summed E-state index contributed by atoms with van der Waals surface area (Å²) >= 11 is 1.55. The van der Waals surface area contributed by atoms with Crippen molar-refractivity contribution >= 4 is 34.5 Å². The van der Waals surface area contributed by atoms with Crippen LogP contribution in [0.3, 0.4) is 0 Å². The molecule has 1 aliphatic carbocycles. The third-order valence-electron chi connectivity index (χ3n) is 4.46. The molecule has 0 aliphatic heterocycles. The first-order valence-electron chi connectivity index (χ1n) is 8.59. The number of nitrogens with one attached hydrogen (secondary N) is 2. The third-order valence-corrected chi connectivity index (χ3v) is 5.34. The Kier molecular flexibility index (Phi) is 5.83. The van der Waals surface area contributed by atoms with Crippen molar-refractivity contribution in [2.75, 3.05) is 10.6 Å². The van der Waals surface area contributed by atoms with Gasteiger partial charge in [-0.05, 0) is 42.8 Å². The van der Waals surface area contributed by atoms with Crippen molar-refractivity contribution < 1.29 is 9.59 Å². The first-order valence-corrected chi connectivity index (χ1v) is 9.47. The van der Waals surface area contributed by atoms with Gasteiger partial charge in [0, 0.05) is 16.8 Å². The van der Waals surface area contributed by atoms with E-state index in [0.717, 1.165) is 30.6 Å². The van der Waals surface area contributed by atoms with Crippen molar-refractivity contribution in [1.29, 1.82) is 0 Å². The van der Waals surface area contributed by atoms with Crippen LogP contribution in [0.4, 0.5) is 11.4 Å². The van der Waals surface area contributed by atoms with Crippen LogP contribution in [0.25, 0.3) is 0 Å². The minimum atomic E-state index is -0.0937. The number of thiophene rings is 1. The van der Waals surface area contributed by atoms with Gasteiger partial charge in [-0.3, -0.25) is 9.59 Å². The number of hydrogen-bond acceptors (Lipinski definition) is 4. The van der Waals surface area contributed by atoms with Gasteiger partial charge in [-0.2, -0.15) is 0 Å². The molecular formula is C19H23N3O2S. The number of hydrogen-bond donors (Lipinski definition) is 3. The molecule has 2 atom stereocenters. The van der Waals surface area contributed by atoms with Crippen molar-refractivity contribution in [3.05, 3.63) is 46.7 Å². The van der Waals surface area contributed by atoms with Crippen LogP contribution >= 0.6 is 11.3 Å². The molecule has 4 N–H and O–H groups in total. The van der Waals surface area contributed by atoms with E-state index in [2.05, 4.69) is 10.6 Å². The maximum atomic E-state index is 12.5. The molecule has 132 valence electrons. The van der Waals surface area contributed by atoms with E-state index in [9.17, 15) is 9.59 Å². The van der Waals surface area contributed by atoms with Crippen molar-refractivity contribution in [1.82, 2.24) is 0 Å². The first-order chi connectivity index (χ1) is 12.1. The predicted molar refractivity (Wildman–Crippen MR) is 102 cm³/mol. The minimum absolute atomic E-state index is 0.0184. The topological polar surface area (TPSA) is 84.2 Å². The maximum absolute atomic E-state index is 12.5. The molecule has 1 fully saturated rings. The minimum Gasteiger partial charge on any atom is -0.328 e. The second-order valence-electron chi connectivity index (χ2n) is 6.46. The average Bonchev–Trinajstić information content (AvgIpc) is 3.09. The summed E-state index contributed by atoms with van der Waals surface area (Å²) in [5.41, 5.74) is 7.23. The molecular weight excluding hydrogens is 334 g/mol. The van der Waals surface area contributed by atoms with Crippen LogP contribution in [0.2, 0.25) is 0 Å². The van der Waals surface area contributed by atoms with E-state index < -0.39 is 0 Å². The third kappa shape index (κ3) is 4.90. The number of rotatable bonds is 5. The second kappa shape index (κ2) is 8.27. The van der Waals surface area contributed by atoms with Crippen LogP contribution in [0.1, 0.15) is 30.6 Å². The van der Waals surface area contributed by atoms with Gasteiger partial charge in [-0.15, -0.1) is 11.3 Å². The monoisotopic (exact) mass is 357 g/mol. The zero-order valence-corrected chi connectivity index (χ0v) is 14.9. The van der Waals surface area contributed by atoms with Crippen molar-refractivity contribution in [3.8, 4) is 0 Å². The zero-order chi connectivity index (χ0) is 17.6. The number of anilines is 2. The molecule has 5 nitrogen and oxygen atoms in total. The molecule has 2 unspecified atom stereocenters. The standard InChI is InChI=1S/C19H23N3O2S/c20-14-6-3-5-13(11-14)19(24)22-17-9-2-1-8-16(17)21-18(23)12-15-7-4-10-25-15/h1-2,4,7-10,13-14H,3,5-6,11-12,20H2,(H,21,23)(H,22,24). The smallest absolute Gasteiger partial charge is 0.229 e. The number of para-hydroxylation sites is 2. The molecule has 2 amide bonds. The highest BCUT2D eigenvalue weighted by Gasteiger charge is 2.25. The molecule has 3 rings (SSSR count). The number of benzene rings is 1. The fourth-order valence-electron chi connectivity index (χ4n) is 3.17. The highest BCUT2D eigenvalue weighted by Crippen LogP contribution is 2.27. The summed E-state index contributed by atoms with van der Waals surface area (Å²) in [6.07, 6.45) is 3.89. The molecule has 2 aromatic rings. The van der Waals surface area contributed by atoms with Crippen LogP contribution in [-0.4, -0.2) is 17.9 Å². The van der Waals surface area contributed by atoms with E-state index in [4.69, 9.17) is 5.73 Å². The summed E-state index contributed by atoms with van der Waals surface area (Å²) in [6, 6.07) is 11.3. The lowest BCUT2D eigenvalue weighted by Crippen LogP contribution is -2.34. The van der Waals surface area contributed by atoms with Gasteiger partial charge in [0.1, 0.15) is 0 Å². The van der Waals surface area contributed by atoms with Gasteiger partial charge in [0.05, 0.1) is 17.8 Å². The lowest BCUT2D eigenvalue weighted by Gasteiger charge is -2.26. The average molecular weight is 357 g/mol. The van der Waals surface area contributed by atoms with E-state index in [1.807, 2.05) is 29.6 Å². The Labute approximate surface area is 151 Å². The van der Waals surface area contributed by atoms with Crippen LogP contribution < -0.4 is 16.4 Å². The van der Waals surface area contributed by atoms with Crippen LogP contribution in [0.5, 0.6) is 0 Å². The summed E-state index contributed by atoms with van der Waals surface area (Å²) in [5.74, 6) is -0.169. The fourth-order valence-corrected chi connectivity index (χ4v) is 3.87. The number of carbonyl (C=O) groups excluding carboxylic acids is 2. The van der Waals surface area contributed by atoms with Crippen molar-refractivity contribution in [2.45, 2.75) is 38.1 Å². The van der Waals surface area contributed by atoms with Gasteiger partial charge >= 0.3 is 0 Å². The van der Waals surface area contributed by atoms with Gasteiger partial charge in [0.25, 0.3) is 0 Å². The molecule has 0 saturated heterocycles. The van der Waals surface area contributed by atoms with E-state index in [1.54, 1.807) is 23.5 Å². The predicted octanol–water partition coefficient (Wildman–Crippen LogP) is 3.39. The molecule has 6 heteroatoms. The van der Waals surface area contributed by atoms with Gasteiger partial charge in [-0.1, -0.05) is 24.6 Å². The molecule has 25 heavy (non-hydrogen) atoms. The van der Waals surface area contributed by atoms with Gasteiger partial charge in [-0.25, -0.2) is 0 Å². The summed E-state index contributed by atoms with van der Waals surface area (Å²) < 4.78 is 0. The van der Waals surface area contributed by atoms with E-state index in [0.29, 0.717) is 17.8 Å². The number of nitrogens with two attached hydrogens (primary N) is 1. The van der Waals surface area contributed by atoms with E-state index in [1.165, 1.54) is 0 Å². The quantitative estimate of drug-likeness (QED) is 0.767. The van der Waals surface area contributed by atoms with E-state index >= 15 is 0 Å². The lowest BCUT2D eigenvalue weighted by molar-refractivity contribution is -0.121. The molecule has 0 radical (unpaired) electrons. The Morgan fingerprint density at radius 3 is 2.52 bits per heavy atom. The SMILES string of the molecule is NC1CCCC(C(=O)Nc2ccccc2NC(=O)Cc2cccs2)C1. The molecule has 1 aliphatic rings. The highest BCUT2D eigenvalue weighted by molar-refractivity contribution is 7.10. The Hall–Kier alpha value is -2.18. The Bertz CT molecular complexity index is 730. The Morgan fingerprint density at radius 1 is 1.08 bits per heavy atom. The largest absolute Gasteiger partial charge is 0.328 e. The Balaban J connectivity index is 1.64. The molecule has 1 saturated carbocycles. The summed E-state index contributed by atoms with van der Waals surface area (Å²) in [6.45, 7) is 0. The van der Waals surface area contributed by atoms with Crippen LogP contribution in [0, 0.1) is 5.92 Å². The van der Waals surface area contributed by atoms with Gasteiger partial charge in [0.15, 0.2) is 0 Å². The second-order valence-corrected chi connectivity index (χ2v) is 7.50. The molecule has 1 heterocycles. The Morgan fingerprint density at radius 2 is 1.84 bits per heavy atom. The molecule has 1 aromatic heterocycles. The summed E-state index contributed by atoms with van der Waals surface area (Å²) in [5, 5.41) is 7.80. The molecule has 0 bridgehead atoms. The highest BCUT2D eigenvalue weighted by atomic mass is 32.1. The number of amides is 2. The zero-order valence-electron chi connectivity index (χ0n) is 14.0. The maximum Gasteiger partial charge on any atom is 0.229 e. The normalized spacial score (nSPS) is 20.0. The first kappa shape index (κ1) is 17.6. The van der Waals surface area contributed by atoms with Gasteiger partial charge in [0.2, 0.25) is 11.8 Å². The molecule has 0 spiro atoms. The van der Waals surface area contributed by atoms with E-state index in [-0.39, 0.29) is 23.8 Å². The fraction of sp³-hybridized carbons (Fsp3) is 0.368. The lowest BCUT2D eigenvalue weighted by atomic mass is 9.85. The van der Waals surface area contributed by atoms with Gasteiger partial charge < -0.3 is 16.4 Å². The molecule has 1 aromatic carbocycles. The van der Waals surface area contributed by atoms with Crippen molar-refractivity contribution in [2.24, 2.45) is 11.7 Å².